The van der Waals surface area contributed by atoms with Gasteiger partial charge in [0.25, 0.3) is 0 Å². The first-order valence-corrected chi connectivity index (χ1v) is 10.4. The van der Waals surface area contributed by atoms with Gasteiger partial charge in [-0.25, -0.2) is 0 Å². The lowest BCUT2D eigenvalue weighted by Crippen LogP contribution is -2.53. The average molecular weight is 299 g/mol. The minimum absolute atomic E-state index is 1.27. The third kappa shape index (κ3) is 3.30. The third-order valence-electron chi connectivity index (χ3n) is 4.17. The largest absolute Gasteiger partial charge is 0.378 e. The molecule has 0 aliphatic carbocycles. The summed E-state index contributed by atoms with van der Waals surface area (Å²) in [4.78, 5) is 4.34. The van der Waals surface area contributed by atoms with Gasteiger partial charge in [-0.1, -0.05) is 47.7 Å². The third-order valence-corrected chi connectivity index (χ3v) is 7.68. The summed E-state index contributed by atoms with van der Waals surface area (Å²) in [5, 5.41) is 2.95. The van der Waals surface area contributed by atoms with Crippen molar-refractivity contribution in [3.63, 3.8) is 0 Å². The van der Waals surface area contributed by atoms with Crippen LogP contribution in [0.4, 0.5) is 11.4 Å². The van der Waals surface area contributed by atoms with Crippen LogP contribution in [0, 0.1) is 0 Å². The lowest BCUT2D eigenvalue weighted by atomic mass is 10.3. The number of hydrogen-bond donors (Lipinski definition) is 0. The van der Waals surface area contributed by atoms with E-state index in [1.165, 1.54) is 21.7 Å². The lowest BCUT2D eigenvalue weighted by Gasteiger charge is -2.26. The molecule has 0 saturated carbocycles. The molecule has 0 fully saturated rings. The second kappa shape index (κ2) is 5.94. The minimum Gasteiger partial charge on any atom is -0.378 e. The molecule has 2 aromatic rings. The Labute approximate surface area is 130 Å². The summed E-state index contributed by atoms with van der Waals surface area (Å²) >= 11 is 0. The molecule has 2 nitrogen and oxygen atoms in total. The van der Waals surface area contributed by atoms with Crippen LogP contribution in [0.2, 0.25) is 13.1 Å². The first kappa shape index (κ1) is 15.6. The zero-order valence-corrected chi connectivity index (χ0v) is 15.0. The second-order valence-electron chi connectivity index (χ2n) is 6.51. The van der Waals surface area contributed by atoms with E-state index in [1.54, 1.807) is 0 Å². The van der Waals surface area contributed by atoms with Crippen molar-refractivity contribution in [2.24, 2.45) is 0 Å². The predicted octanol–water partition coefficient (Wildman–Crippen LogP) is 2.64. The van der Waals surface area contributed by atoms with Crippen LogP contribution in [0.5, 0.6) is 0 Å². The Balaban J connectivity index is 2.46. The van der Waals surface area contributed by atoms with Crippen molar-refractivity contribution in [2.75, 3.05) is 38.0 Å². The fourth-order valence-electron chi connectivity index (χ4n) is 2.51. The zero-order chi connectivity index (χ0) is 15.6. The Bertz CT molecular complexity index is 565. The highest BCUT2D eigenvalue weighted by molar-refractivity contribution is 7.00. The molecular formula is C18H26N2Si. The van der Waals surface area contributed by atoms with Crippen LogP contribution < -0.4 is 20.2 Å². The molecule has 0 heterocycles. The standard InChI is InChI=1S/C18H26N2Si/c1-19(2)15-9-7-11-17(13-15)21(5,6)18-12-8-10-16(14-18)20(3)4/h7-14H,1-6H3. The van der Waals surface area contributed by atoms with Gasteiger partial charge in [-0.3, -0.25) is 0 Å². The van der Waals surface area contributed by atoms with E-state index in [0.29, 0.717) is 0 Å². The molecule has 0 saturated heterocycles. The van der Waals surface area contributed by atoms with Gasteiger partial charge in [0, 0.05) is 39.6 Å². The van der Waals surface area contributed by atoms with Gasteiger partial charge in [0.2, 0.25) is 0 Å². The number of benzene rings is 2. The fraction of sp³-hybridized carbons (Fsp3) is 0.333. The van der Waals surface area contributed by atoms with Crippen molar-refractivity contribution in [1.29, 1.82) is 0 Å². The van der Waals surface area contributed by atoms with E-state index in [0.717, 1.165) is 0 Å². The van der Waals surface area contributed by atoms with E-state index in [4.69, 9.17) is 0 Å². The van der Waals surface area contributed by atoms with E-state index in [-0.39, 0.29) is 0 Å². The van der Waals surface area contributed by atoms with Crippen LogP contribution >= 0.6 is 0 Å². The molecule has 0 N–H and O–H groups in total. The van der Waals surface area contributed by atoms with Crippen molar-refractivity contribution in [2.45, 2.75) is 13.1 Å². The van der Waals surface area contributed by atoms with Gasteiger partial charge in [0.1, 0.15) is 8.07 Å². The normalized spacial score (nSPS) is 11.3. The van der Waals surface area contributed by atoms with E-state index < -0.39 is 8.07 Å². The lowest BCUT2D eigenvalue weighted by molar-refractivity contribution is 1.13. The number of hydrogen-bond acceptors (Lipinski definition) is 2. The van der Waals surface area contributed by atoms with Gasteiger partial charge in [-0.05, 0) is 24.3 Å². The summed E-state index contributed by atoms with van der Waals surface area (Å²) in [5.41, 5.74) is 2.55. The molecule has 21 heavy (non-hydrogen) atoms. The van der Waals surface area contributed by atoms with Crippen LogP contribution in [-0.4, -0.2) is 36.3 Å². The Morgan fingerprint density at radius 1 is 0.667 bits per heavy atom. The molecule has 0 spiro atoms. The number of rotatable bonds is 4. The molecule has 0 amide bonds. The highest BCUT2D eigenvalue weighted by Gasteiger charge is 2.26. The highest BCUT2D eigenvalue weighted by atomic mass is 28.3. The van der Waals surface area contributed by atoms with Crippen molar-refractivity contribution < 1.29 is 0 Å². The van der Waals surface area contributed by atoms with E-state index in [9.17, 15) is 0 Å². The van der Waals surface area contributed by atoms with Gasteiger partial charge in [0.15, 0.2) is 0 Å². The van der Waals surface area contributed by atoms with Gasteiger partial charge in [-0.2, -0.15) is 0 Å². The first-order chi connectivity index (χ1) is 9.82. The Morgan fingerprint density at radius 3 is 1.38 bits per heavy atom. The van der Waals surface area contributed by atoms with E-state index in [1.807, 2.05) is 0 Å². The number of nitrogens with zero attached hydrogens (tertiary/aromatic N) is 2. The smallest absolute Gasteiger partial charge is 0.112 e. The topological polar surface area (TPSA) is 6.48 Å². The molecule has 112 valence electrons. The first-order valence-electron chi connectivity index (χ1n) is 7.38. The van der Waals surface area contributed by atoms with Crippen LogP contribution in [-0.2, 0) is 0 Å². The summed E-state index contributed by atoms with van der Waals surface area (Å²) in [6.45, 7) is 4.85. The highest BCUT2D eigenvalue weighted by Crippen LogP contribution is 2.15. The van der Waals surface area contributed by atoms with Gasteiger partial charge in [-0.15, -0.1) is 0 Å². The molecule has 0 bridgehead atoms. The van der Waals surface area contributed by atoms with Crippen LogP contribution in [0.3, 0.4) is 0 Å². The maximum absolute atomic E-state index is 2.43. The molecule has 0 aliphatic rings. The maximum Gasteiger partial charge on any atom is 0.112 e. The van der Waals surface area contributed by atoms with Gasteiger partial charge >= 0.3 is 0 Å². The quantitative estimate of drug-likeness (QED) is 0.801. The Morgan fingerprint density at radius 2 is 1.05 bits per heavy atom. The molecule has 2 rings (SSSR count). The zero-order valence-electron chi connectivity index (χ0n) is 14.0. The monoisotopic (exact) mass is 298 g/mol. The Kier molecular flexibility index (Phi) is 4.42. The summed E-state index contributed by atoms with van der Waals surface area (Å²) in [6, 6.07) is 17.9. The van der Waals surface area contributed by atoms with Crippen molar-refractivity contribution in [3.05, 3.63) is 48.5 Å². The van der Waals surface area contributed by atoms with Gasteiger partial charge < -0.3 is 9.80 Å². The van der Waals surface area contributed by atoms with Crippen LogP contribution in [0.15, 0.2) is 48.5 Å². The minimum atomic E-state index is -1.66. The predicted molar refractivity (Wildman–Crippen MR) is 98.3 cm³/mol. The van der Waals surface area contributed by atoms with E-state index in [2.05, 4.69) is 99.6 Å². The molecule has 0 radical (unpaired) electrons. The molecule has 0 atom stereocenters. The van der Waals surface area contributed by atoms with Crippen LogP contribution in [0.1, 0.15) is 0 Å². The summed E-state index contributed by atoms with van der Waals surface area (Å²) in [6.07, 6.45) is 0. The molecular weight excluding hydrogens is 272 g/mol. The van der Waals surface area contributed by atoms with Crippen molar-refractivity contribution in [3.8, 4) is 0 Å². The molecule has 3 heteroatoms. The van der Waals surface area contributed by atoms with E-state index >= 15 is 0 Å². The average Bonchev–Trinajstić information content (AvgIpc) is 2.47. The number of anilines is 2. The van der Waals surface area contributed by atoms with Crippen molar-refractivity contribution in [1.82, 2.24) is 0 Å². The molecule has 0 aromatic heterocycles. The molecule has 0 unspecified atom stereocenters. The summed E-state index contributed by atoms with van der Waals surface area (Å²) in [5.74, 6) is 0. The summed E-state index contributed by atoms with van der Waals surface area (Å²) < 4.78 is 0. The maximum atomic E-state index is 2.43. The SMILES string of the molecule is CN(C)c1cccc([Si](C)(C)c2cccc(N(C)C)c2)c1. The van der Waals surface area contributed by atoms with Crippen LogP contribution in [0.25, 0.3) is 0 Å². The fourth-order valence-corrected chi connectivity index (χ4v) is 4.89. The van der Waals surface area contributed by atoms with Gasteiger partial charge in [0.05, 0.1) is 0 Å². The summed E-state index contributed by atoms with van der Waals surface area (Å²) in [7, 11) is 6.73. The van der Waals surface area contributed by atoms with Crippen molar-refractivity contribution >= 4 is 29.8 Å². The molecule has 0 aliphatic heterocycles. The second-order valence-corrected chi connectivity index (χ2v) is 10.9. The molecule has 2 aromatic carbocycles. The Hall–Kier alpha value is -1.74.